The zero-order valence-corrected chi connectivity index (χ0v) is 13.6. The summed E-state index contributed by atoms with van der Waals surface area (Å²) in [5, 5.41) is 6.06. The maximum atomic E-state index is 12.3. The average Bonchev–Trinajstić information content (AvgIpc) is 3.12. The molecule has 1 aromatic carbocycles. The van der Waals surface area contributed by atoms with Crippen molar-refractivity contribution in [3.05, 3.63) is 39.8 Å². The number of amides is 2. The first-order valence-corrected chi connectivity index (χ1v) is 8.18. The van der Waals surface area contributed by atoms with E-state index in [-0.39, 0.29) is 6.03 Å². The van der Waals surface area contributed by atoms with E-state index in [2.05, 4.69) is 10.3 Å². The molecule has 5 nitrogen and oxygen atoms in total. The molecule has 2 heterocycles. The molecule has 6 heteroatoms. The smallest absolute Gasteiger partial charge is 0.321 e. The highest BCUT2D eigenvalue weighted by atomic mass is 32.1. The Morgan fingerprint density at radius 1 is 1.50 bits per heavy atom. The molecule has 2 amide bonds. The number of ether oxygens (including phenoxy) is 1. The lowest BCUT2D eigenvalue weighted by Gasteiger charge is -2.18. The summed E-state index contributed by atoms with van der Waals surface area (Å²) in [7, 11) is 1.65. The van der Waals surface area contributed by atoms with Gasteiger partial charge in [0.15, 0.2) is 0 Å². The third-order valence-corrected chi connectivity index (χ3v) is 4.74. The fourth-order valence-electron chi connectivity index (χ4n) is 2.61. The van der Waals surface area contributed by atoms with Gasteiger partial charge in [-0.1, -0.05) is 0 Å². The van der Waals surface area contributed by atoms with E-state index < -0.39 is 0 Å². The minimum atomic E-state index is -0.0443. The lowest BCUT2D eigenvalue weighted by atomic mass is 10.1. The average molecular weight is 317 g/mol. The predicted molar refractivity (Wildman–Crippen MR) is 88.0 cm³/mol. The Hall–Kier alpha value is -2.08. The van der Waals surface area contributed by atoms with Crippen molar-refractivity contribution in [2.75, 3.05) is 25.1 Å². The second-order valence-corrected chi connectivity index (χ2v) is 6.20. The molecular weight excluding hydrogens is 298 g/mol. The lowest BCUT2D eigenvalue weighted by molar-refractivity contribution is 0.247. The highest BCUT2D eigenvalue weighted by Gasteiger charge is 2.24. The van der Waals surface area contributed by atoms with E-state index >= 15 is 0 Å². The van der Waals surface area contributed by atoms with E-state index in [1.54, 1.807) is 23.3 Å². The summed E-state index contributed by atoms with van der Waals surface area (Å²) in [5.41, 5.74) is 3.17. The standard InChI is InChI=1S/C16H19N3O2S/c1-11-10-22-15(18-11)5-7-17-16(20)19-8-6-12-9-13(21-2)3-4-14(12)19/h3-4,9-10H,5-8H2,1-2H3,(H,17,20). The highest BCUT2D eigenvalue weighted by molar-refractivity contribution is 7.09. The van der Waals surface area contributed by atoms with Crippen LogP contribution in [0.25, 0.3) is 0 Å². The Morgan fingerprint density at radius 3 is 3.09 bits per heavy atom. The van der Waals surface area contributed by atoms with Crippen LogP contribution in [0, 0.1) is 6.92 Å². The number of benzene rings is 1. The second kappa shape index (κ2) is 6.36. The van der Waals surface area contributed by atoms with Gasteiger partial charge in [0, 0.05) is 36.3 Å². The van der Waals surface area contributed by atoms with Crippen LogP contribution in [0.15, 0.2) is 23.6 Å². The van der Waals surface area contributed by atoms with Crippen molar-refractivity contribution in [3.8, 4) is 5.75 Å². The van der Waals surface area contributed by atoms with Crippen molar-refractivity contribution in [1.29, 1.82) is 0 Å². The normalized spacial score (nSPS) is 13.1. The SMILES string of the molecule is COc1ccc2c(c1)CCN2C(=O)NCCc1nc(C)cs1. The van der Waals surface area contributed by atoms with Gasteiger partial charge in [-0.15, -0.1) is 11.3 Å². The van der Waals surface area contributed by atoms with E-state index in [9.17, 15) is 4.79 Å². The number of methoxy groups -OCH3 is 1. The lowest BCUT2D eigenvalue weighted by Crippen LogP contribution is -2.39. The summed E-state index contributed by atoms with van der Waals surface area (Å²) in [6.07, 6.45) is 1.64. The summed E-state index contributed by atoms with van der Waals surface area (Å²) in [6.45, 7) is 3.30. The van der Waals surface area contributed by atoms with E-state index in [0.717, 1.165) is 40.5 Å². The topological polar surface area (TPSA) is 54.5 Å². The number of aromatic nitrogens is 1. The molecule has 1 N–H and O–H groups in total. The van der Waals surface area contributed by atoms with Crippen LogP contribution in [-0.2, 0) is 12.8 Å². The maximum Gasteiger partial charge on any atom is 0.321 e. The van der Waals surface area contributed by atoms with Crippen molar-refractivity contribution in [2.45, 2.75) is 19.8 Å². The number of anilines is 1. The van der Waals surface area contributed by atoms with Gasteiger partial charge in [-0.05, 0) is 37.1 Å². The molecule has 0 atom stereocenters. The first-order valence-electron chi connectivity index (χ1n) is 7.30. The van der Waals surface area contributed by atoms with E-state index in [1.165, 1.54) is 0 Å². The summed E-state index contributed by atoms with van der Waals surface area (Å²) in [4.78, 5) is 18.5. The van der Waals surface area contributed by atoms with Crippen molar-refractivity contribution >= 4 is 23.1 Å². The molecule has 0 bridgehead atoms. The Kier molecular flexibility index (Phi) is 4.29. The fourth-order valence-corrected chi connectivity index (χ4v) is 3.38. The zero-order valence-electron chi connectivity index (χ0n) is 12.8. The minimum Gasteiger partial charge on any atom is -0.497 e. The second-order valence-electron chi connectivity index (χ2n) is 5.26. The van der Waals surface area contributed by atoms with Gasteiger partial charge >= 0.3 is 6.03 Å². The van der Waals surface area contributed by atoms with Gasteiger partial charge in [-0.3, -0.25) is 4.90 Å². The van der Waals surface area contributed by atoms with Gasteiger partial charge in [0.05, 0.1) is 12.1 Å². The van der Waals surface area contributed by atoms with E-state index in [1.807, 2.05) is 30.5 Å². The van der Waals surface area contributed by atoms with Crippen molar-refractivity contribution in [3.63, 3.8) is 0 Å². The van der Waals surface area contributed by atoms with Crippen molar-refractivity contribution < 1.29 is 9.53 Å². The number of carbonyl (C=O) groups is 1. The van der Waals surface area contributed by atoms with Crippen LogP contribution >= 0.6 is 11.3 Å². The molecular formula is C16H19N3O2S. The van der Waals surface area contributed by atoms with E-state index in [0.29, 0.717) is 13.1 Å². The van der Waals surface area contributed by atoms with Gasteiger partial charge in [0.1, 0.15) is 5.75 Å². The fraction of sp³-hybridized carbons (Fsp3) is 0.375. The summed E-state index contributed by atoms with van der Waals surface area (Å²) < 4.78 is 5.23. The molecule has 0 saturated heterocycles. The number of hydrogen-bond donors (Lipinski definition) is 1. The molecule has 0 spiro atoms. The number of hydrogen-bond acceptors (Lipinski definition) is 4. The van der Waals surface area contributed by atoms with Crippen LogP contribution < -0.4 is 15.0 Å². The number of thiazole rings is 1. The van der Waals surface area contributed by atoms with Gasteiger partial charge in [-0.25, -0.2) is 9.78 Å². The number of rotatable bonds is 4. The molecule has 2 aromatic rings. The Bertz CT molecular complexity index is 684. The van der Waals surface area contributed by atoms with Gasteiger partial charge in [0.2, 0.25) is 0 Å². The van der Waals surface area contributed by atoms with Crippen LogP contribution in [0.5, 0.6) is 5.75 Å². The molecule has 1 aromatic heterocycles. The van der Waals surface area contributed by atoms with Gasteiger partial charge < -0.3 is 10.1 Å². The zero-order chi connectivity index (χ0) is 15.5. The number of aryl methyl sites for hydroxylation is 1. The molecule has 0 fully saturated rings. The Labute approximate surface area is 133 Å². The highest BCUT2D eigenvalue weighted by Crippen LogP contribution is 2.31. The third kappa shape index (κ3) is 3.06. The van der Waals surface area contributed by atoms with Crippen LogP contribution in [-0.4, -0.2) is 31.2 Å². The number of nitrogens with zero attached hydrogens (tertiary/aromatic N) is 2. The molecule has 3 rings (SSSR count). The van der Waals surface area contributed by atoms with Crippen molar-refractivity contribution in [1.82, 2.24) is 10.3 Å². The minimum absolute atomic E-state index is 0.0443. The summed E-state index contributed by atoms with van der Waals surface area (Å²) in [6, 6.07) is 5.80. The summed E-state index contributed by atoms with van der Waals surface area (Å²) in [5.74, 6) is 0.833. The van der Waals surface area contributed by atoms with Gasteiger partial charge in [0.25, 0.3) is 0 Å². The molecule has 116 valence electrons. The first-order chi connectivity index (χ1) is 10.7. The quantitative estimate of drug-likeness (QED) is 0.943. The molecule has 0 radical (unpaired) electrons. The molecule has 1 aliphatic rings. The monoisotopic (exact) mass is 317 g/mol. The largest absolute Gasteiger partial charge is 0.497 e. The number of nitrogens with one attached hydrogen (secondary N) is 1. The Balaban J connectivity index is 1.58. The maximum absolute atomic E-state index is 12.3. The molecule has 22 heavy (non-hydrogen) atoms. The van der Waals surface area contributed by atoms with Crippen LogP contribution in [0.2, 0.25) is 0 Å². The van der Waals surface area contributed by atoms with E-state index in [4.69, 9.17) is 4.74 Å². The molecule has 1 aliphatic heterocycles. The predicted octanol–water partition coefficient (Wildman–Crippen LogP) is 2.77. The van der Waals surface area contributed by atoms with Crippen LogP contribution in [0.3, 0.4) is 0 Å². The first kappa shape index (κ1) is 14.8. The molecule has 0 saturated carbocycles. The Morgan fingerprint density at radius 2 is 2.36 bits per heavy atom. The third-order valence-electron chi connectivity index (χ3n) is 3.71. The van der Waals surface area contributed by atoms with Crippen LogP contribution in [0.4, 0.5) is 10.5 Å². The summed E-state index contributed by atoms with van der Waals surface area (Å²) >= 11 is 1.64. The van der Waals surface area contributed by atoms with Gasteiger partial charge in [-0.2, -0.15) is 0 Å². The molecule has 0 unspecified atom stereocenters. The van der Waals surface area contributed by atoms with Crippen LogP contribution in [0.1, 0.15) is 16.3 Å². The number of carbonyl (C=O) groups excluding carboxylic acids is 1. The number of urea groups is 1. The molecule has 0 aliphatic carbocycles. The number of fused-ring (bicyclic) bond motifs is 1. The van der Waals surface area contributed by atoms with Crippen molar-refractivity contribution in [2.24, 2.45) is 0 Å².